The minimum absolute atomic E-state index is 0.0973. The van der Waals surface area contributed by atoms with Crippen LogP contribution < -0.4 is 5.32 Å². The largest absolute Gasteiger partial charge is 0.351 e. The van der Waals surface area contributed by atoms with E-state index in [1.54, 1.807) is 0 Å². The van der Waals surface area contributed by atoms with E-state index >= 15 is 0 Å². The van der Waals surface area contributed by atoms with Gasteiger partial charge in [-0.15, -0.1) is 11.3 Å². The molecular formula is C14H18BrNOS. The number of halogens is 1. The second-order valence-electron chi connectivity index (χ2n) is 5.62. The molecule has 18 heavy (non-hydrogen) atoms. The Hall–Kier alpha value is -0.350. The number of rotatable bonds is 5. The molecule has 1 heterocycles. The Morgan fingerprint density at radius 2 is 2.06 bits per heavy atom. The molecule has 1 amide bonds. The van der Waals surface area contributed by atoms with Gasteiger partial charge in [-0.25, -0.2) is 0 Å². The number of carbonyl (C=O) groups is 1. The molecule has 2 nitrogen and oxygen atoms in total. The summed E-state index contributed by atoms with van der Waals surface area (Å²) >= 11 is 5.00. The van der Waals surface area contributed by atoms with E-state index in [-0.39, 0.29) is 5.91 Å². The van der Waals surface area contributed by atoms with Crippen LogP contribution in [0.1, 0.15) is 40.9 Å². The summed E-state index contributed by atoms with van der Waals surface area (Å²) < 4.78 is 1.06. The average molecular weight is 328 g/mol. The zero-order valence-electron chi connectivity index (χ0n) is 10.5. The maximum absolute atomic E-state index is 12.1. The van der Waals surface area contributed by atoms with Gasteiger partial charge in [0.2, 0.25) is 0 Å². The summed E-state index contributed by atoms with van der Waals surface area (Å²) in [6.45, 7) is 2.90. The highest BCUT2D eigenvalue weighted by atomic mass is 79.9. The van der Waals surface area contributed by atoms with Crippen molar-refractivity contribution in [2.24, 2.45) is 17.8 Å². The third kappa shape index (κ3) is 2.80. The van der Waals surface area contributed by atoms with E-state index in [2.05, 4.69) is 21.2 Å². The molecule has 0 aromatic carbocycles. The van der Waals surface area contributed by atoms with E-state index in [9.17, 15) is 4.79 Å². The fourth-order valence-electron chi connectivity index (χ4n) is 2.64. The molecule has 0 aliphatic heterocycles. The van der Waals surface area contributed by atoms with E-state index in [0.717, 1.165) is 38.5 Å². The lowest BCUT2D eigenvalue weighted by atomic mass is 9.98. The zero-order valence-corrected chi connectivity index (χ0v) is 12.9. The second kappa shape index (κ2) is 4.97. The topological polar surface area (TPSA) is 29.1 Å². The first-order valence-electron chi connectivity index (χ1n) is 6.69. The predicted octanol–water partition coefficient (Wildman–Crippen LogP) is 3.99. The van der Waals surface area contributed by atoms with Gasteiger partial charge < -0.3 is 5.32 Å². The smallest absolute Gasteiger partial charge is 0.261 e. The van der Waals surface area contributed by atoms with Gasteiger partial charge in [0.15, 0.2) is 0 Å². The van der Waals surface area contributed by atoms with Crippen LogP contribution in [0.3, 0.4) is 0 Å². The summed E-state index contributed by atoms with van der Waals surface area (Å²) in [5.74, 6) is 2.64. The van der Waals surface area contributed by atoms with Gasteiger partial charge >= 0.3 is 0 Å². The summed E-state index contributed by atoms with van der Waals surface area (Å²) in [6.07, 6.45) is 5.50. The molecule has 3 rings (SSSR count). The highest BCUT2D eigenvalue weighted by Crippen LogP contribution is 2.48. The maximum atomic E-state index is 12.1. The van der Waals surface area contributed by atoms with Crippen molar-refractivity contribution in [3.05, 3.63) is 20.3 Å². The maximum Gasteiger partial charge on any atom is 0.261 e. The SMILES string of the molecule is Cc1cc(C(=O)NCC(C2CC2)C2CC2)sc1Br. The fourth-order valence-corrected chi connectivity index (χ4v) is 4.09. The van der Waals surface area contributed by atoms with Crippen LogP contribution in [-0.4, -0.2) is 12.5 Å². The zero-order chi connectivity index (χ0) is 12.7. The third-order valence-corrected chi connectivity index (χ3v) is 6.17. The highest BCUT2D eigenvalue weighted by Gasteiger charge is 2.41. The molecule has 0 unspecified atom stereocenters. The number of carbonyl (C=O) groups excluding carboxylic acids is 1. The first-order chi connectivity index (χ1) is 8.65. The summed E-state index contributed by atoms with van der Waals surface area (Å²) in [4.78, 5) is 12.9. The summed E-state index contributed by atoms with van der Waals surface area (Å²) in [5, 5.41) is 3.13. The van der Waals surface area contributed by atoms with Crippen molar-refractivity contribution in [3.8, 4) is 0 Å². The predicted molar refractivity (Wildman–Crippen MR) is 78.0 cm³/mol. The van der Waals surface area contributed by atoms with Crippen LogP contribution in [0, 0.1) is 24.7 Å². The number of aryl methyl sites for hydroxylation is 1. The Labute approximate surface area is 120 Å². The Balaban J connectivity index is 1.57. The molecule has 98 valence electrons. The third-order valence-electron chi connectivity index (χ3n) is 4.03. The van der Waals surface area contributed by atoms with Crippen LogP contribution in [0.5, 0.6) is 0 Å². The van der Waals surface area contributed by atoms with Crippen molar-refractivity contribution >= 4 is 33.2 Å². The van der Waals surface area contributed by atoms with Crippen molar-refractivity contribution in [2.45, 2.75) is 32.6 Å². The first kappa shape index (κ1) is 12.7. The van der Waals surface area contributed by atoms with Gasteiger partial charge in [-0.1, -0.05) is 0 Å². The molecule has 2 aliphatic rings. The van der Waals surface area contributed by atoms with Gasteiger partial charge in [0.1, 0.15) is 0 Å². The molecule has 0 bridgehead atoms. The van der Waals surface area contributed by atoms with Crippen molar-refractivity contribution in [1.29, 1.82) is 0 Å². The molecule has 0 atom stereocenters. The molecule has 0 radical (unpaired) electrons. The Bertz CT molecular complexity index is 431. The monoisotopic (exact) mass is 327 g/mol. The molecule has 1 N–H and O–H groups in total. The van der Waals surface area contributed by atoms with Crippen LogP contribution in [-0.2, 0) is 0 Å². The van der Waals surface area contributed by atoms with Crippen molar-refractivity contribution in [1.82, 2.24) is 5.32 Å². The molecule has 1 aromatic heterocycles. The van der Waals surface area contributed by atoms with Crippen molar-refractivity contribution < 1.29 is 4.79 Å². The fraction of sp³-hybridized carbons (Fsp3) is 0.643. The molecule has 2 saturated carbocycles. The molecule has 4 heteroatoms. The lowest BCUT2D eigenvalue weighted by molar-refractivity contribution is 0.0947. The number of nitrogens with one attached hydrogen (secondary N) is 1. The van der Waals surface area contributed by atoms with Gasteiger partial charge in [0, 0.05) is 6.54 Å². The van der Waals surface area contributed by atoms with E-state index in [1.807, 2.05) is 13.0 Å². The van der Waals surface area contributed by atoms with Crippen LogP contribution in [0.2, 0.25) is 0 Å². The molecule has 2 fully saturated rings. The number of amides is 1. The molecular weight excluding hydrogens is 310 g/mol. The summed E-state index contributed by atoms with van der Waals surface area (Å²) in [6, 6.07) is 1.97. The summed E-state index contributed by atoms with van der Waals surface area (Å²) in [5.41, 5.74) is 1.14. The van der Waals surface area contributed by atoms with Crippen molar-refractivity contribution in [2.75, 3.05) is 6.54 Å². The van der Waals surface area contributed by atoms with E-state index in [1.165, 1.54) is 37.0 Å². The second-order valence-corrected chi connectivity index (χ2v) is 7.99. The number of thiophene rings is 1. The Morgan fingerprint density at radius 3 is 2.50 bits per heavy atom. The van der Waals surface area contributed by atoms with Crippen LogP contribution in [0.25, 0.3) is 0 Å². The number of hydrogen-bond donors (Lipinski definition) is 1. The van der Waals surface area contributed by atoms with E-state index in [0.29, 0.717) is 0 Å². The minimum atomic E-state index is 0.0973. The van der Waals surface area contributed by atoms with Gasteiger partial charge in [-0.2, -0.15) is 0 Å². The first-order valence-corrected chi connectivity index (χ1v) is 8.30. The lowest BCUT2D eigenvalue weighted by Crippen LogP contribution is -2.30. The lowest BCUT2D eigenvalue weighted by Gasteiger charge is -2.15. The Morgan fingerprint density at radius 1 is 1.44 bits per heavy atom. The van der Waals surface area contributed by atoms with E-state index < -0.39 is 0 Å². The van der Waals surface area contributed by atoms with E-state index in [4.69, 9.17) is 0 Å². The standard InChI is InChI=1S/C14H18BrNOS/c1-8-6-12(18-13(8)15)14(17)16-7-11(9-2-3-9)10-4-5-10/h6,9-11H,2-5,7H2,1H3,(H,16,17). The molecule has 1 aromatic rings. The summed E-state index contributed by atoms with van der Waals surface area (Å²) in [7, 11) is 0. The van der Waals surface area contributed by atoms with Crippen LogP contribution in [0.4, 0.5) is 0 Å². The average Bonchev–Trinajstić information content (AvgIpc) is 3.22. The van der Waals surface area contributed by atoms with Crippen LogP contribution in [0.15, 0.2) is 9.85 Å². The van der Waals surface area contributed by atoms with Gasteiger partial charge in [-0.05, 0) is 77.9 Å². The quantitative estimate of drug-likeness (QED) is 0.870. The Kier molecular flexibility index (Phi) is 3.50. The van der Waals surface area contributed by atoms with Gasteiger partial charge in [0.25, 0.3) is 5.91 Å². The van der Waals surface area contributed by atoms with Gasteiger partial charge in [0.05, 0.1) is 8.66 Å². The van der Waals surface area contributed by atoms with Crippen LogP contribution >= 0.6 is 27.3 Å². The normalized spacial score (nSPS) is 19.3. The van der Waals surface area contributed by atoms with Crippen molar-refractivity contribution in [3.63, 3.8) is 0 Å². The highest BCUT2D eigenvalue weighted by molar-refractivity contribution is 9.11. The minimum Gasteiger partial charge on any atom is -0.351 e. The van der Waals surface area contributed by atoms with Gasteiger partial charge in [-0.3, -0.25) is 4.79 Å². The molecule has 0 spiro atoms. The molecule has 2 aliphatic carbocycles. The number of hydrogen-bond acceptors (Lipinski definition) is 2. The molecule has 0 saturated heterocycles.